The summed E-state index contributed by atoms with van der Waals surface area (Å²) in [6.45, 7) is 9.26. The Morgan fingerprint density at radius 3 is 2.61 bits per heavy atom. The Morgan fingerprint density at radius 1 is 1.43 bits per heavy atom. The van der Waals surface area contributed by atoms with Crippen molar-refractivity contribution in [1.29, 1.82) is 0 Å². The molecule has 158 valence electrons. The third-order valence-electron chi connectivity index (χ3n) is 5.46. The second kappa shape index (κ2) is 8.59. The number of rotatable bonds is 9. The van der Waals surface area contributed by atoms with Crippen molar-refractivity contribution in [2.75, 3.05) is 13.2 Å². The van der Waals surface area contributed by atoms with Crippen LogP contribution in [0.2, 0.25) is 0 Å². The summed E-state index contributed by atoms with van der Waals surface area (Å²) in [6, 6.07) is -2.04. The van der Waals surface area contributed by atoms with Crippen molar-refractivity contribution in [3.63, 3.8) is 0 Å². The van der Waals surface area contributed by atoms with Gasteiger partial charge in [-0.25, -0.2) is 9.18 Å². The van der Waals surface area contributed by atoms with Crippen molar-refractivity contribution in [3.8, 4) is 0 Å². The SMILES string of the molecule is C=CC(C)(C)[C@H](NC(=O)C1(F)CC1)C(=O)N1C[C@H](O)C[C@H]1C(=O)OCCCC. The molecular formula is C20H31FN2O5. The van der Waals surface area contributed by atoms with Crippen LogP contribution < -0.4 is 5.32 Å². The number of ether oxygens (including phenoxy) is 1. The number of likely N-dealkylation sites (tertiary alicyclic amines) is 1. The fraction of sp³-hybridized carbons (Fsp3) is 0.750. The van der Waals surface area contributed by atoms with Gasteiger partial charge in [-0.1, -0.05) is 33.3 Å². The average Bonchev–Trinajstić information content (AvgIpc) is 3.28. The Balaban J connectivity index is 2.19. The number of aliphatic hydroxyl groups excluding tert-OH is 1. The molecule has 2 N–H and O–H groups in total. The number of unbranched alkanes of at least 4 members (excludes halogenated alkanes) is 1. The highest BCUT2D eigenvalue weighted by atomic mass is 19.1. The third-order valence-corrected chi connectivity index (χ3v) is 5.46. The Morgan fingerprint density at radius 2 is 2.07 bits per heavy atom. The maximum atomic E-state index is 14.1. The fourth-order valence-corrected chi connectivity index (χ4v) is 3.14. The number of nitrogens with one attached hydrogen (secondary N) is 1. The van der Waals surface area contributed by atoms with Crippen LogP contribution in [0.3, 0.4) is 0 Å². The highest BCUT2D eigenvalue weighted by Gasteiger charge is 2.53. The number of carbonyl (C=O) groups excluding carboxylic acids is 3. The summed E-state index contributed by atoms with van der Waals surface area (Å²) in [6.07, 6.45) is 2.53. The largest absolute Gasteiger partial charge is 0.464 e. The van der Waals surface area contributed by atoms with Crippen LogP contribution in [0.1, 0.15) is 52.9 Å². The highest BCUT2D eigenvalue weighted by molar-refractivity contribution is 5.95. The number of β-amino-alcohol motifs (C(OH)–C–C–N with tert-alkyl or cyclic N) is 1. The Labute approximate surface area is 165 Å². The number of hydrogen-bond donors (Lipinski definition) is 2. The lowest BCUT2D eigenvalue weighted by Gasteiger charge is -2.35. The van der Waals surface area contributed by atoms with E-state index in [-0.39, 0.29) is 32.4 Å². The topological polar surface area (TPSA) is 95.9 Å². The molecule has 7 nitrogen and oxygen atoms in total. The maximum absolute atomic E-state index is 14.1. The van der Waals surface area contributed by atoms with E-state index in [1.165, 1.54) is 11.0 Å². The Hall–Kier alpha value is -1.96. The van der Waals surface area contributed by atoms with Gasteiger partial charge in [0.15, 0.2) is 5.67 Å². The molecule has 8 heteroatoms. The Bertz CT molecular complexity index is 632. The van der Waals surface area contributed by atoms with Crippen LogP contribution in [0.15, 0.2) is 12.7 Å². The summed E-state index contributed by atoms with van der Waals surface area (Å²) in [4.78, 5) is 39.1. The van der Waals surface area contributed by atoms with Crippen molar-refractivity contribution in [1.82, 2.24) is 10.2 Å². The minimum absolute atomic E-state index is 0.0489. The summed E-state index contributed by atoms with van der Waals surface area (Å²) in [5, 5.41) is 12.5. The molecule has 0 aromatic rings. The summed E-state index contributed by atoms with van der Waals surface area (Å²) in [5.41, 5.74) is -2.82. The van der Waals surface area contributed by atoms with Crippen molar-refractivity contribution >= 4 is 17.8 Å². The first-order valence-electron chi connectivity index (χ1n) is 9.84. The smallest absolute Gasteiger partial charge is 0.328 e. The van der Waals surface area contributed by atoms with Gasteiger partial charge in [0.05, 0.1) is 12.7 Å². The summed E-state index contributed by atoms with van der Waals surface area (Å²) in [7, 11) is 0. The predicted molar refractivity (Wildman–Crippen MR) is 101 cm³/mol. The monoisotopic (exact) mass is 398 g/mol. The van der Waals surface area contributed by atoms with Gasteiger partial charge in [-0.15, -0.1) is 6.58 Å². The van der Waals surface area contributed by atoms with Gasteiger partial charge in [0, 0.05) is 18.4 Å². The molecule has 0 bridgehead atoms. The molecule has 28 heavy (non-hydrogen) atoms. The second-order valence-electron chi connectivity index (χ2n) is 8.31. The number of alkyl halides is 1. The van der Waals surface area contributed by atoms with Crippen LogP contribution in [0.5, 0.6) is 0 Å². The van der Waals surface area contributed by atoms with Gasteiger partial charge in [0.1, 0.15) is 12.1 Å². The standard InChI is InChI=1S/C20H31FN2O5/c1-5-7-10-28-17(26)14-11-13(24)12-23(14)16(25)15(19(3,4)6-2)22-18(27)20(21)8-9-20/h6,13-15,24H,2,5,7-12H2,1,3-4H3,(H,22,27)/t13-,14+,15-/m1/s1. The third kappa shape index (κ3) is 4.90. The molecule has 0 radical (unpaired) electrons. The zero-order chi connectivity index (χ0) is 21.1. The maximum Gasteiger partial charge on any atom is 0.328 e. The molecule has 0 spiro atoms. The van der Waals surface area contributed by atoms with Crippen molar-refractivity contribution < 1.29 is 28.6 Å². The number of aliphatic hydroxyl groups is 1. The zero-order valence-corrected chi connectivity index (χ0v) is 16.9. The first-order chi connectivity index (χ1) is 13.1. The predicted octanol–water partition coefficient (Wildman–Crippen LogP) is 1.49. The van der Waals surface area contributed by atoms with E-state index < -0.39 is 47.1 Å². The van der Waals surface area contributed by atoms with Gasteiger partial charge in [-0.05, 0) is 19.3 Å². The molecule has 0 unspecified atom stereocenters. The number of amides is 2. The number of hydrogen-bond acceptors (Lipinski definition) is 5. The van der Waals surface area contributed by atoms with E-state index in [9.17, 15) is 23.9 Å². The van der Waals surface area contributed by atoms with E-state index in [0.717, 1.165) is 6.42 Å². The number of esters is 1. The van der Waals surface area contributed by atoms with Crippen molar-refractivity contribution in [2.45, 2.75) is 76.7 Å². The molecule has 1 saturated heterocycles. The lowest BCUT2D eigenvalue weighted by atomic mass is 9.83. The normalized spacial score (nSPS) is 24.4. The molecule has 1 aliphatic carbocycles. The number of halogens is 1. The van der Waals surface area contributed by atoms with Crippen LogP contribution in [0, 0.1) is 5.41 Å². The molecule has 2 rings (SSSR count). The fourth-order valence-electron chi connectivity index (χ4n) is 3.14. The molecule has 2 aliphatic rings. The molecule has 3 atom stereocenters. The first-order valence-corrected chi connectivity index (χ1v) is 9.84. The molecule has 1 heterocycles. The van der Waals surface area contributed by atoms with Gasteiger partial charge in [-0.3, -0.25) is 9.59 Å². The van der Waals surface area contributed by atoms with Crippen LogP contribution >= 0.6 is 0 Å². The Kier molecular flexibility index (Phi) is 6.85. The van der Waals surface area contributed by atoms with E-state index in [4.69, 9.17) is 4.74 Å². The van der Waals surface area contributed by atoms with Gasteiger partial charge in [-0.2, -0.15) is 0 Å². The van der Waals surface area contributed by atoms with Crippen molar-refractivity contribution in [2.24, 2.45) is 5.41 Å². The van der Waals surface area contributed by atoms with Crippen LogP contribution in [-0.2, 0) is 19.1 Å². The van der Waals surface area contributed by atoms with Gasteiger partial charge >= 0.3 is 5.97 Å². The number of nitrogens with zero attached hydrogens (tertiary/aromatic N) is 1. The quantitative estimate of drug-likeness (QED) is 0.349. The molecule has 2 fully saturated rings. The molecule has 2 amide bonds. The van der Waals surface area contributed by atoms with Gasteiger partial charge < -0.3 is 20.1 Å². The summed E-state index contributed by atoms with van der Waals surface area (Å²) in [5.74, 6) is -1.97. The minimum atomic E-state index is -1.93. The second-order valence-corrected chi connectivity index (χ2v) is 8.31. The van der Waals surface area contributed by atoms with E-state index in [0.29, 0.717) is 6.42 Å². The molecule has 1 saturated carbocycles. The summed E-state index contributed by atoms with van der Waals surface area (Å²) < 4.78 is 19.4. The van der Waals surface area contributed by atoms with Crippen LogP contribution in [0.25, 0.3) is 0 Å². The summed E-state index contributed by atoms with van der Waals surface area (Å²) >= 11 is 0. The van der Waals surface area contributed by atoms with E-state index >= 15 is 0 Å². The van der Waals surface area contributed by atoms with Crippen molar-refractivity contribution in [3.05, 3.63) is 12.7 Å². The highest BCUT2D eigenvalue weighted by Crippen LogP contribution is 2.40. The molecule has 0 aromatic heterocycles. The first kappa shape index (κ1) is 22.3. The van der Waals surface area contributed by atoms with E-state index in [1.54, 1.807) is 13.8 Å². The molecule has 1 aliphatic heterocycles. The van der Waals surface area contributed by atoms with Crippen LogP contribution in [0.4, 0.5) is 4.39 Å². The zero-order valence-electron chi connectivity index (χ0n) is 16.9. The molecular weight excluding hydrogens is 367 g/mol. The molecule has 0 aromatic carbocycles. The number of carbonyl (C=O) groups is 3. The average molecular weight is 398 g/mol. The lowest BCUT2D eigenvalue weighted by molar-refractivity contribution is -0.155. The van der Waals surface area contributed by atoms with Gasteiger partial charge in [0.25, 0.3) is 5.91 Å². The van der Waals surface area contributed by atoms with E-state index in [1.807, 2.05) is 6.92 Å². The lowest BCUT2D eigenvalue weighted by Crippen LogP contribution is -2.58. The minimum Gasteiger partial charge on any atom is -0.464 e. The van der Waals surface area contributed by atoms with E-state index in [2.05, 4.69) is 11.9 Å². The van der Waals surface area contributed by atoms with Crippen LogP contribution in [-0.4, -0.2) is 64.8 Å². The van der Waals surface area contributed by atoms with Gasteiger partial charge in [0.2, 0.25) is 5.91 Å².